The minimum absolute atomic E-state index is 0.0218. The smallest absolute Gasteiger partial charge is 0.269 e. The Bertz CT molecular complexity index is 796. The number of nitrogens with zero attached hydrogens (tertiary/aromatic N) is 3. The van der Waals surface area contributed by atoms with E-state index in [0.717, 1.165) is 23.4 Å². The number of aryl methyl sites for hydroxylation is 2. The van der Waals surface area contributed by atoms with Crippen LogP contribution in [0.25, 0.3) is 0 Å². The number of hydrogen-bond donors (Lipinski definition) is 1. The topological polar surface area (TPSA) is 107 Å². The molecule has 0 aliphatic heterocycles. The van der Waals surface area contributed by atoms with E-state index in [9.17, 15) is 18.5 Å². The summed E-state index contributed by atoms with van der Waals surface area (Å²) in [5.74, 6) is 0. The van der Waals surface area contributed by atoms with E-state index in [-0.39, 0.29) is 10.6 Å². The van der Waals surface area contributed by atoms with Crippen molar-refractivity contribution in [3.63, 3.8) is 0 Å². The van der Waals surface area contributed by atoms with Crippen molar-refractivity contribution in [1.82, 2.24) is 14.5 Å². The lowest BCUT2D eigenvalue weighted by Gasteiger charge is -2.13. The number of non-ortho nitro benzene ring substituents is 1. The molecule has 0 fully saturated rings. The van der Waals surface area contributed by atoms with Gasteiger partial charge in [-0.2, -0.15) is 5.10 Å². The molecule has 2 aromatic rings. The summed E-state index contributed by atoms with van der Waals surface area (Å²) in [5.41, 5.74) is 1.35. The zero-order valence-electron chi connectivity index (χ0n) is 12.3. The first-order chi connectivity index (χ1) is 10.2. The van der Waals surface area contributed by atoms with Gasteiger partial charge in [0.25, 0.3) is 5.69 Å². The van der Waals surface area contributed by atoms with Crippen molar-refractivity contribution >= 4 is 15.7 Å². The largest absolute Gasteiger partial charge is 0.275 e. The Labute approximate surface area is 128 Å². The van der Waals surface area contributed by atoms with Gasteiger partial charge >= 0.3 is 0 Å². The Morgan fingerprint density at radius 2 is 1.91 bits per heavy atom. The Hall–Kier alpha value is -2.26. The highest BCUT2D eigenvalue weighted by Crippen LogP contribution is 2.20. The van der Waals surface area contributed by atoms with Gasteiger partial charge in [0.15, 0.2) is 0 Å². The summed E-state index contributed by atoms with van der Waals surface area (Å²) in [5, 5.41) is 14.8. The van der Waals surface area contributed by atoms with Crippen LogP contribution in [0.5, 0.6) is 0 Å². The third kappa shape index (κ3) is 3.31. The Morgan fingerprint density at radius 1 is 1.32 bits per heavy atom. The van der Waals surface area contributed by atoms with Crippen LogP contribution in [0, 0.1) is 17.0 Å². The van der Waals surface area contributed by atoms with E-state index in [0.29, 0.717) is 0 Å². The van der Waals surface area contributed by atoms with Crippen LogP contribution in [0.1, 0.15) is 24.2 Å². The van der Waals surface area contributed by atoms with E-state index in [1.54, 1.807) is 31.8 Å². The van der Waals surface area contributed by atoms with Gasteiger partial charge in [0, 0.05) is 37.0 Å². The molecule has 1 atom stereocenters. The predicted molar refractivity (Wildman–Crippen MR) is 79.8 cm³/mol. The van der Waals surface area contributed by atoms with Gasteiger partial charge in [-0.1, -0.05) is 0 Å². The lowest BCUT2D eigenvalue weighted by atomic mass is 10.1. The monoisotopic (exact) mass is 324 g/mol. The highest BCUT2D eigenvalue weighted by atomic mass is 32.2. The van der Waals surface area contributed by atoms with Crippen molar-refractivity contribution < 1.29 is 13.3 Å². The van der Waals surface area contributed by atoms with Gasteiger partial charge < -0.3 is 0 Å². The quantitative estimate of drug-likeness (QED) is 0.665. The zero-order valence-corrected chi connectivity index (χ0v) is 13.2. The number of benzene rings is 1. The maximum atomic E-state index is 12.3. The van der Waals surface area contributed by atoms with Crippen molar-refractivity contribution in [3.8, 4) is 0 Å². The average Bonchev–Trinajstić information content (AvgIpc) is 2.77. The lowest BCUT2D eigenvalue weighted by Crippen LogP contribution is -2.27. The van der Waals surface area contributed by atoms with Crippen LogP contribution in [0.4, 0.5) is 5.69 Å². The molecule has 0 aliphatic rings. The summed E-state index contributed by atoms with van der Waals surface area (Å²) < 4.78 is 28.8. The third-order valence-corrected chi connectivity index (χ3v) is 4.76. The molecule has 0 radical (unpaired) electrons. The van der Waals surface area contributed by atoms with Gasteiger partial charge in [-0.3, -0.25) is 14.8 Å². The van der Waals surface area contributed by atoms with Crippen LogP contribution in [0.2, 0.25) is 0 Å². The molecule has 0 amide bonds. The maximum absolute atomic E-state index is 12.3. The molecule has 9 heteroatoms. The molecule has 0 aliphatic carbocycles. The molecule has 1 heterocycles. The number of hydrogen-bond acceptors (Lipinski definition) is 5. The number of rotatable bonds is 5. The summed E-state index contributed by atoms with van der Waals surface area (Å²) >= 11 is 0. The predicted octanol–water partition coefficient (Wildman–Crippen LogP) is 1.68. The molecule has 118 valence electrons. The molecular weight excluding hydrogens is 308 g/mol. The molecular formula is C13H16N4O4S. The van der Waals surface area contributed by atoms with Gasteiger partial charge in [0.1, 0.15) is 0 Å². The third-order valence-electron chi connectivity index (χ3n) is 3.21. The molecule has 1 N–H and O–H groups in total. The fourth-order valence-corrected chi connectivity index (χ4v) is 3.38. The molecule has 2 rings (SSSR count). The Balaban J connectivity index is 2.23. The number of nitro groups is 1. The zero-order chi connectivity index (χ0) is 16.5. The van der Waals surface area contributed by atoms with Crippen molar-refractivity contribution in [1.29, 1.82) is 0 Å². The summed E-state index contributed by atoms with van der Waals surface area (Å²) in [6, 6.07) is 4.28. The van der Waals surface area contributed by atoms with Crippen LogP contribution in [0.3, 0.4) is 0 Å². The molecule has 1 aromatic heterocycles. The van der Waals surface area contributed by atoms with Crippen LogP contribution in [0.15, 0.2) is 35.4 Å². The summed E-state index contributed by atoms with van der Waals surface area (Å²) in [4.78, 5) is 10.00. The summed E-state index contributed by atoms with van der Waals surface area (Å²) in [6.07, 6.45) is 1.75. The number of sulfonamides is 1. The number of aromatic nitrogens is 2. The van der Waals surface area contributed by atoms with Gasteiger partial charge in [-0.15, -0.1) is 0 Å². The average molecular weight is 324 g/mol. The second-order valence-corrected chi connectivity index (χ2v) is 6.65. The molecule has 1 aromatic carbocycles. The van der Waals surface area contributed by atoms with Crippen LogP contribution in [-0.4, -0.2) is 23.1 Å². The fourth-order valence-electron chi connectivity index (χ4n) is 2.15. The first kappa shape index (κ1) is 16.1. The highest BCUT2D eigenvalue weighted by Gasteiger charge is 2.21. The number of nitrogens with one attached hydrogen (secondary N) is 1. The van der Waals surface area contributed by atoms with Gasteiger partial charge in [0.05, 0.1) is 15.5 Å². The first-order valence-electron chi connectivity index (χ1n) is 6.47. The minimum atomic E-state index is -3.77. The van der Waals surface area contributed by atoms with Gasteiger partial charge in [0.2, 0.25) is 10.0 Å². The van der Waals surface area contributed by atoms with Crippen LogP contribution in [-0.2, 0) is 17.1 Å². The molecule has 1 unspecified atom stereocenters. The van der Waals surface area contributed by atoms with Crippen molar-refractivity contribution in [2.24, 2.45) is 7.05 Å². The fraction of sp³-hybridized carbons (Fsp3) is 0.308. The van der Waals surface area contributed by atoms with E-state index < -0.39 is 21.0 Å². The maximum Gasteiger partial charge on any atom is 0.269 e. The molecule has 0 saturated heterocycles. The summed E-state index contributed by atoms with van der Waals surface area (Å²) in [6.45, 7) is 3.51. The van der Waals surface area contributed by atoms with E-state index in [1.165, 1.54) is 12.1 Å². The molecule has 0 saturated carbocycles. The van der Waals surface area contributed by atoms with Crippen LogP contribution >= 0.6 is 0 Å². The highest BCUT2D eigenvalue weighted by molar-refractivity contribution is 7.89. The van der Waals surface area contributed by atoms with Crippen LogP contribution < -0.4 is 4.72 Å². The van der Waals surface area contributed by atoms with Crippen molar-refractivity contribution in [2.75, 3.05) is 0 Å². The number of nitro benzene ring substituents is 1. The molecule has 0 bridgehead atoms. The van der Waals surface area contributed by atoms with E-state index in [1.807, 2.05) is 0 Å². The standard InChI is InChI=1S/C13H16N4O4S/c1-9-13(8-16(3)14-9)10(2)15-22(20,21)12-6-4-11(5-7-12)17(18)19/h4-8,10,15H,1-3H3. The second-order valence-electron chi connectivity index (χ2n) is 4.94. The SMILES string of the molecule is Cc1nn(C)cc1C(C)NS(=O)(=O)c1ccc([N+](=O)[O-])cc1. The lowest BCUT2D eigenvalue weighted by molar-refractivity contribution is -0.384. The Morgan fingerprint density at radius 3 is 2.36 bits per heavy atom. The van der Waals surface area contributed by atoms with Crippen molar-refractivity contribution in [2.45, 2.75) is 24.8 Å². The second kappa shape index (κ2) is 5.85. The molecule has 8 nitrogen and oxygen atoms in total. The van der Waals surface area contributed by atoms with Gasteiger partial charge in [-0.25, -0.2) is 13.1 Å². The normalized spacial score (nSPS) is 13.0. The van der Waals surface area contributed by atoms with E-state index >= 15 is 0 Å². The first-order valence-corrected chi connectivity index (χ1v) is 7.96. The molecule has 0 spiro atoms. The van der Waals surface area contributed by atoms with Gasteiger partial charge in [-0.05, 0) is 26.0 Å². The Kier molecular flexibility index (Phi) is 4.29. The minimum Gasteiger partial charge on any atom is -0.275 e. The van der Waals surface area contributed by atoms with E-state index in [2.05, 4.69) is 9.82 Å². The molecule has 22 heavy (non-hydrogen) atoms. The van der Waals surface area contributed by atoms with Crippen molar-refractivity contribution in [3.05, 3.63) is 51.8 Å². The summed E-state index contributed by atoms with van der Waals surface area (Å²) in [7, 11) is -2.01. The van der Waals surface area contributed by atoms with E-state index in [4.69, 9.17) is 0 Å².